The van der Waals surface area contributed by atoms with Crippen molar-refractivity contribution in [3.8, 4) is 5.75 Å². The number of furan rings is 1. The molecule has 2 aromatic carbocycles. The minimum absolute atomic E-state index is 0.396. The third-order valence-electron chi connectivity index (χ3n) is 3.17. The average molecular weight is 253 g/mol. The van der Waals surface area contributed by atoms with Gasteiger partial charge in [-0.3, -0.25) is 0 Å². The molecule has 0 spiro atoms. The third kappa shape index (κ3) is 2.33. The lowest BCUT2D eigenvalue weighted by Gasteiger charge is -2.08. The highest BCUT2D eigenvalue weighted by Gasteiger charge is 2.07. The van der Waals surface area contributed by atoms with Crippen LogP contribution in [0.2, 0.25) is 0 Å². The standard InChI is InChI=1S/C16H15NO2/c17-10-13-8-9-18-16(13)11-19-15-7-3-5-12-4-1-2-6-14(12)15/h1-9H,10-11,17H2. The zero-order valence-electron chi connectivity index (χ0n) is 10.5. The van der Waals surface area contributed by atoms with Crippen LogP contribution in [0.4, 0.5) is 0 Å². The van der Waals surface area contributed by atoms with E-state index in [4.69, 9.17) is 14.9 Å². The Hall–Kier alpha value is -2.26. The summed E-state index contributed by atoms with van der Waals surface area (Å²) in [6.45, 7) is 0.859. The summed E-state index contributed by atoms with van der Waals surface area (Å²) in [4.78, 5) is 0. The van der Waals surface area contributed by atoms with Gasteiger partial charge in [0, 0.05) is 17.5 Å². The highest BCUT2D eigenvalue weighted by molar-refractivity contribution is 5.88. The fraction of sp³-hybridized carbons (Fsp3) is 0.125. The second-order valence-electron chi connectivity index (χ2n) is 4.34. The van der Waals surface area contributed by atoms with Crippen LogP contribution in [-0.2, 0) is 13.2 Å². The van der Waals surface area contributed by atoms with Crippen molar-refractivity contribution in [2.75, 3.05) is 0 Å². The fourth-order valence-corrected chi connectivity index (χ4v) is 2.14. The number of rotatable bonds is 4. The van der Waals surface area contributed by atoms with Gasteiger partial charge in [-0.1, -0.05) is 36.4 Å². The van der Waals surface area contributed by atoms with Gasteiger partial charge in [0.2, 0.25) is 0 Å². The summed E-state index contributed by atoms with van der Waals surface area (Å²) in [5, 5.41) is 2.27. The van der Waals surface area contributed by atoms with Gasteiger partial charge in [-0.05, 0) is 17.5 Å². The van der Waals surface area contributed by atoms with E-state index in [0.29, 0.717) is 13.2 Å². The van der Waals surface area contributed by atoms with Gasteiger partial charge in [-0.2, -0.15) is 0 Å². The normalized spacial score (nSPS) is 10.8. The lowest BCUT2D eigenvalue weighted by molar-refractivity contribution is 0.271. The predicted octanol–water partition coefficient (Wildman–Crippen LogP) is 3.47. The first-order valence-corrected chi connectivity index (χ1v) is 6.24. The molecule has 1 heterocycles. The van der Waals surface area contributed by atoms with E-state index in [-0.39, 0.29) is 0 Å². The van der Waals surface area contributed by atoms with Crippen LogP contribution in [0.5, 0.6) is 5.75 Å². The van der Waals surface area contributed by atoms with Crippen molar-refractivity contribution in [2.45, 2.75) is 13.2 Å². The van der Waals surface area contributed by atoms with Gasteiger partial charge in [0.25, 0.3) is 0 Å². The fourth-order valence-electron chi connectivity index (χ4n) is 2.14. The molecule has 0 radical (unpaired) electrons. The van der Waals surface area contributed by atoms with Crippen LogP contribution in [0.1, 0.15) is 11.3 Å². The highest BCUT2D eigenvalue weighted by atomic mass is 16.5. The summed E-state index contributed by atoms with van der Waals surface area (Å²) in [6.07, 6.45) is 1.64. The minimum atomic E-state index is 0.396. The Morgan fingerprint density at radius 2 is 1.84 bits per heavy atom. The van der Waals surface area contributed by atoms with E-state index in [0.717, 1.165) is 22.5 Å². The first kappa shape index (κ1) is 11.8. The average Bonchev–Trinajstić information content (AvgIpc) is 2.92. The number of hydrogen-bond acceptors (Lipinski definition) is 3. The number of benzene rings is 2. The van der Waals surface area contributed by atoms with E-state index in [1.165, 1.54) is 5.39 Å². The van der Waals surface area contributed by atoms with Gasteiger partial charge in [0.05, 0.1) is 6.26 Å². The molecule has 19 heavy (non-hydrogen) atoms. The number of ether oxygens (including phenoxy) is 1. The maximum Gasteiger partial charge on any atom is 0.146 e. The molecule has 0 amide bonds. The summed E-state index contributed by atoms with van der Waals surface area (Å²) in [6, 6.07) is 16.1. The second-order valence-corrected chi connectivity index (χ2v) is 4.34. The van der Waals surface area contributed by atoms with Crippen molar-refractivity contribution in [3.63, 3.8) is 0 Å². The Morgan fingerprint density at radius 3 is 2.74 bits per heavy atom. The van der Waals surface area contributed by atoms with Crippen molar-refractivity contribution < 1.29 is 9.15 Å². The van der Waals surface area contributed by atoms with Crippen molar-refractivity contribution >= 4 is 10.8 Å². The van der Waals surface area contributed by atoms with Crippen molar-refractivity contribution in [1.29, 1.82) is 0 Å². The maximum absolute atomic E-state index is 5.86. The molecular weight excluding hydrogens is 238 g/mol. The summed E-state index contributed by atoms with van der Waals surface area (Å²) < 4.78 is 11.2. The quantitative estimate of drug-likeness (QED) is 0.774. The molecule has 0 saturated carbocycles. The molecule has 0 atom stereocenters. The molecule has 3 heteroatoms. The molecule has 96 valence electrons. The molecule has 3 rings (SSSR count). The number of nitrogens with two attached hydrogens (primary N) is 1. The molecule has 0 unspecified atom stereocenters. The Morgan fingerprint density at radius 1 is 1.00 bits per heavy atom. The van der Waals surface area contributed by atoms with Crippen LogP contribution in [0, 0.1) is 0 Å². The molecule has 3 aromatic rings. The van der Waals surface area contributed by atoms with Crippen LogP contribution in [0.25, 0.3) is 10.8 Å². The molecule has 0 bridgehead atoms. The molecule has 0 fully saturated rings. The van der Waals surface area contributed by atoms with E-state index < -0.39 is 0 Å². The largest absolute Gasteiger partial charge is 0.485 e. The van der Waals surface area contributed by atoms with Crippen molar-refractivity contribution in [3.05, 3.63) is 66.1 Å². The van der Waals surface area contributed by atoms with Gasteiger partial charge >= 0.3 is 0 Å². The second kappa shape index (κ2) is 5.16. The van der Waals surface area contributed by atoms with Gasteiger partial charge in [0.1, 0.15) is 18.1 Å². The highest BCUT2D eigenvalue weighted by Crippen LogP contribution is 2.26. The molecule has 2 N–H and O–H groups in total. The van der Waals surface area contributed by atoms with Crippen LogP contribution in [0.3, 0.4) is 0 Å². The molecular formula is C16H15NO2. The number of hydrogen-bond donors (Lipinski definition) is 1. The third-order valence-corrected chi connectivity index (χ3v) is 3.17. The van der Waals surface area contributed by atoms with E-state index in [2.05, 4.69) is 18.2 Å². The van der Waals surface area contributed by atoms with E-state index in [9.17, 15) is 0 Å². The van der Waals surface area contributed by atoms with Gasteiger partial charge < -0.3 is 14.9 Å². The van der Waals surface area contributed by atoms with Gasteiger partial charge in [0.15, 0.2) is 0 Å². The van der Waals surface area contributed by atoms with Crippen molar-refractivity contribution in [2.24, 2.45) is 5.73 Å². The number of fused-ring (bicyclic) bond motifs is 1. The molecule has 0 aliphatic heterocycles. The zero-order chi connectivity index (χ0) is 13.1. The summed E-state index contributed by atoms with van der Waals surface area (Å²) in [5.74, 6) is 1.65. The maximum atomic E-state index is 5.86. The van der Waals surface area contributed by atoms with E-state index >= 15 is 0 Å². The Labute approximate surface area is 111 Å². The monoisotopic (exact) mass is 253 g/mol. The van der Waals surface area contributed by atoms with Crippen LogP contribution in [0.15, 0.2) is 59.2 Å². The van der Waals surface area contributed by atoms with Gasteiger partial charge in [-0.15, -0.1) is 0 Å². The topological polar surface area (TPSA) is 48.4 Å². The first-order valence-electron chi connectivity index (χ1n) is 6.24. The Kier molecular flexibility index (Phi) is 3.21. The van der Waals surface area contributed by atoms with Crippen LogP contribution < -0.4 is 10.5 Å². The SMILES string of the molecule is NCc1ccoc1COc1cccc2ccccc12. The molecule has 0 aliphatic carbocycles. The lowest BCUT2D eigenvalue weighted by Crippen LogP contribution is -2.02. The molecule has 1 aromatic heterocycles. The molecule has 0 aliphatic rings. The summed E-state index contributed by atoms with van der Waals surface area (Å²) in [7, 11) is 0. The summed E-state index contributed by atoms with van der Waals surface area (Å²) >= 11 is 0. The van der Waals surface area contributed by atoms with Crippen LogP contribution >= 0.6 is 0 Å². The Bertz CT molecular complexity index is 683. The van der Waals surface area contributed by atoms with Crippen molar-refractivity contribution in [1.82, 2.24) is 0 Å². The smallest absolute Gasteiger partial charge is 0.146 e. The molecule has 0 saturated heterocycles. The van der Waals surface area contributed by atoms with Crippen LogP contribution in [-0.4, -0.2) is 0 Å². The predicted molar refractivity (Wildman–Crippen MR) is 74.9 cm³/mol. The zero-order valence-corrected chi connectivity index (χ0v) is 10.5. The minimum Gasteiger partial charge on any atom is -0.485 e. The summed E-state index contributed by atoms with van der Waals surface area (Å²) in [5.41, 5.74) is 6.63. The van der Waals surface area contributed by atoms with Gasteiger partial charge in [-0.25, -0.2) is 0 Å². The molecule has 3 nitrogen and oxygen atoms in total. The Balaban J connectivity index is 1.86. The first-order chi connectivity index (χ1) is 9.38. The van der Waals surface area contributed by atoms with E-state index in [1.54, 1.807) is 6.26 Å². The van der Waals surface area contributed by atoms with E-state index in [1.807, 2.05) is 30.3 Å². The lowest BCUT2D eigenvalue weighted by atomic mass is 10.1.